The Morgan fingerprint density at radius 1 is 1.53 bits per heavy atom. The van der Waals surface area contributed by atoms with Crippen LogP contribution in [0.3, 0.4) is 0 Å². The Hall–Kier alpha value is -1.49. The third kappa shape index (κ3) is 3.50. The summed E-state index contributed by atoms with van der Waals surface area (Å²) in [5.74, 6) is 1.85. The van der Waals surface area contributed by atoms with Gasteiger partial charge in [0.15, 0.2) is 0 Å². The summed E-state index contributed by atoms with van der Waals surface area (Å²) in [4.78, 5) is 6.65. The second kappa shape index (κ2) is 6.10. The highest BCUT2D eigenvalue weighted by molar-refractivity contribution is 5.54. The second-order valence-electron chi connectivity index (χ2n) is 5.40. The molecule has 0 amide bonds. The summed E-state index contributed by atoms with van der Waals surface area (Å²) < 4.78 is 11.1. The molecule has 1 aromatic heterocycles. The Balaban J connectivity index is 2.10. The van der Waals surface area contributed by atoms with Gasteiger partial charge in [0.05, 0.1) is 24.9 Å². The Morgan fingerprint density at radius 2 is 2.32 bits per heavy atom. The number of hydrogen-bond donors (Lipinski definition) is 1. The van der Waals surface area contributed by atoms with Gasteiger partial charge in [-0.15, -0.1) is 0 Å². The maximum atomic E-state index is 5.90. The van der Waals surface area contributed by atoms with Gasteiger partial charge in [0.25, 0.3) is 0 Å². The quantitative estimate of drug-likeness (QED) is 0.881. The molecule has 1 fully saturated rings. The van der Waals surface area contributed by atoms with E-state index in [0.29, 0.717) is 30.1 Å². The fraction of sp³-hybridized carbons (Fsp3) is 0.643. The molecule has 19 heavy (non-hydrogen) atoms. The molecule has 1 aliphatic rings. The first-order valence-electron chi connectivity index (χ1n) is 6.78. The molecule has 5 heteroatoms. The van der Waals surface area contributed by atoms with Gasteiger partial charge in [0, 0.05) is 13.7 Å². The summed E-state index contributed by atoms with van der Waals surface area (Å²) in [6.45, 7) is 6.40. The van der Waals surface area contributed by atoms with Crippen molar-refractivity contribution < 1.29 is 9.47 Å². The summed E-state index contributed by atoms with van der Waals surface area (Å²) in [5, 5.41) is 0. The van der Waals surface area contributed by atoms with E-state index in [2.05, 4.69) is 23.7 Å². The number of nitrogens with two attached hydrogens (primary N) is 1. The van der Waals surface area contributed by atoms with Crippen molar-refractivity contribution in [2.75, 3.05) is 37.5 Å². The molecule has 5 nitrogen and oxygen atoms in total. The molecule has 1 unspecified atom stereocenters. The van der Waals surface area contributed by atoms with Crippen LogP contribution in [0.1, 0.15) is 20.3 Å². The summed E-state index contributed by atoms with van der Waals surface area (Å²) in [6.07, 6.45) is 1.03. The minimum atomic E-state index is 0.383. The number of hydrogen-bond acceptors (Lipinski definition) is 5. The third-order valence-corrected chi connectivity index (χ3v) is 3.24. The Bertz CT molecular complexity index is 417. The number of aromatic nitrogens is 1. The fourth-order valence-corrected chi connectivity index (χ4v) is 2.01. The number of anilines is 2. The molecule has 0 aromatic carbocycles. The molecular formula is C14H23N3O2. The van der Waals surface area contributed by atoms with Crippen molar-refractivity contribution in [1.82, 2.24) is 4.98 Å². The number of likely N-dealkylation sites (N-methyl/N-ethyl adjacent to an activating group) is 1. The zero-order valence-electron chi connectivity index (χ0n) is 11.9. The first-order valence-corrected chi connectivity index (χ1v) is 6.78. The standard InChI is InChI=1S/C14H23N3O2/c1-10(2)8-19-14-12(15)4-5-13(16-14)17(3)11-6-7-18-9-11/h4-5,10-11H,6-9,15H2,1-3H3. The molecule has 1 aromatic rings. The molecule has 2 rings (SSSR count). The van der Waals surface area contributed by atoms with Gasteiger partial charge in [-0.25, -0.2) is 0 Å². The Kier molecular flexibility index (Phi) is 4.47. The van der Waals surface area contributed by atoms with Crippen molar-refractivity contribution in [1.29, 1.82) is 0 Å². The predicted octanol–water partition coefficient (Wildman–Crippen LogP) is 1.92. The van der Waals surface area contributed by atoms with Gasteiger partial charge in [0.1, 0.15) is 5.82 Å². The lowest BCUT2D eigenvalue weighted by Crippen LogP contribution is -2.32. The molecule has 0 spiro atoms. The van der Waals surface area contributed by atoms with Crippen LogP contribution in [-0.4, -0.2) is 37.9 Å². The zero-order valence-corrected chi connectivity index (χ0v) is 11.9. The molecule has 0 aliphatic carbocycles. The van der Waals surface area contributed by atoms with Gasteiger partial charge in [-0.2, -0.15) is 4.98 Å². The predicted molar refractivity (Wildman–Crippen MR) is 76.6 cm³/mol. The van der Waals surface area contributed by atoms with Crippen LogP contribution in [0.25, 0.3) is 0 Å². The molecule has 2 heterocycles. The average molecular weight is 265 g/mol. The van der Waals surface area contributed by atoms with Gasteiger partial charge < -0.3 is 20.1 Å². The lowest BCUT2D eigenvalue weighted by molar-refractivity contribution is 0.193. The molecule has 106 valence electrons. The number of pyridine rings is 1. The van der Waals surface area contributed by atoms with Crippen molar-refractivity contribution >= 4 is 11.5 Å². The van der Waals surface area contributed by atoms with E-state index < -0.39 is 0 Å². The largest absolute Gasteiger partial charge is 0.476 e. The first-order chi connectivity index (χ1) is 9.08. The van der Waals surface area contributed by atoms with E-state index in [1.165, 1.54) is 0 Å². The van der Waals surface area contributed by atoms with Crippen LogP contribution in [-0.2, 0) is 4.74 Å². The number of nitrogens with zero attached hydrogens (tertiary/aromatic N) is 2. The van der Waals surface area contributed by atoms with Gasteiger partial charge in [-0.3, -0.25) is 0 Å². The van der Waals surface area contributed by atoms with Crippen molar-refractivity contribution in [3.8, 4) is 5.88 Å². The van der Waals surface area contributed by atoms with Gasteiger partial charge >= 0.3 is 0 Å². The lowest BCUT2D eigenvalue weighted by Gasteiger charge is -2.25. The summed E-state index contributed by atoms with van der Waals surface area (Å²) in [6, 6.07) is 4.16. The monoisotopic (exact) mass is 265 g/mol. The highest BCUT2D eigenvalue weighted by Crippen LogP contribution is 2.25. The molecule has 0 bridgehead atoms. The molecule has 1 aliphatic heterocycles. The minimum Gasteiger partial charge on any atom is -0.476 e. The number of rotatable bonds is 5. The van der Waals surface area contributed by atoms with Crippen LogP contribution in [0, 0.1) is 5.92 Å². The van der Waals surface area contributed by atoms with Crippen LogP contribution in [0.2, 0.25) is 0 Å². The normalized spacial score (nSPS) is 18.8. The molecule has 2 N–H and O–H groups in total. The van der Waals surface area contributed by atoms with Crippen molar-refractivity contribution in [3.05, 3.63) is 12.1 Å². The third-order valence-electron chi connectivity index (χ3n) is 3.24. The van der Waals surface area contributed by atoms with E-state index in [9.17, 15) is 0 Å². The topological polar surface area (TPSA) is 60.6 Å². The van der Waals surface area contributed by atoms with E-state index in [1.54, 1.807) is 0 Å². The summed E-state index contributed by atoms with van der Waals surface area (Å²) in [5.41, 5.74) is 6.48. The number of nitrogen functional groups attached to an aromatic ring is 1. The SMILES string of the molecule is CC(C)COc1nc(N(C)C2CCOC2)ccc1N. The van der Waals surface area contributed by atoms with E-state index in [4.69, 9.17) is 15.2 Å². The molecule has 0 radical (unpaired) electrons. The van der Waals surface area contributed by atoms with Gasteiger partial charge in [0.2, 0.25) is 5.88 Å². The minimum absolute atomic E-state index is 0.383. The van der Waals surface area contributed by atoms with Crippen LogP contribution >= 0.6 is 0 Å². The van der Waals surface area contributed by atoms with Gasteiger partial charge in [-0.1, -0.05) is 13.8 Å². The summed E-state index contributed by atoms with van der Waals surface area (Å²) in [7, 11) is 2.03. The van der Waals surface area contributed by atoms with E-state index in [-0.39, 0.29) is 0 Å². The zero-order chi connectivity index (χ0) is 13.8. The maximum absolute atomic E-state index is 5.90. The number of ether oxygens (including phenoxy) is 2. The van der Waals surface area contributed by atoms with Crippen LogP contribution in [0.15, 0.2) is 12.1 Å². The lowest BCUT2D eigenvalue weighted by atomic mass is 10.2. The van der Waals surface area contributed by atoms with E-state index in [1.807, 2.05) is 19.2 Å². The average Bonchev–Trinajstić information content (AvgIpc) is 2.90. The highest BCUT2D eigenvalue weighted by atomic mass is 16.5. The first kappa shape index (κ1) is 13.9. The van der Waals surface area contributed by atoms with Crippen LogP contribution < -0.4 is 15.4 Å². The Morgan fingerprint density at radius 3 is 2.95 bits per heavy atom. The second-order valence-corrected chi connectivity index (χ2v) is 5.40. The Labute approximate surface area is 114 Å². The van der Waals surface area contributed by atoms with E-state index >= 15 is 0 Å². The summed E-state index contributed by atoms with van der Waals surface area (Å²) >= 11 is 0. The fourth-order valence-electron chi connectivity index (χ4n) is 2.01. The van der Waals surface area contributed by atoms with Crippen molar-refractivity contribution in [3.63, 3.8) is 0 Å². The maximum Gasteiger partial charge on any atom is 0.239 e. The molecule has 1 saturated heterocycles. The van der Waals surface area contributed by atoms with E-state index in [0.717, 1.165) is 25.5 Å². The smallest absolute Gasteiger partial charge is 0.239 e. The molecule has 1 atom stereocenters. The van der Waals surface area contributed by atoms with Gasteiger partial charge in [-0.05, 0) is 24.5 Å². The highest BCUT2D eigenvalue weighted by Gasteiger charge is 2.22. The van der Waals surface area contributed by atoms with Crippen LogP contribution in [0.4, 0.5) is 11.5 Å². The molecule has 0 saturated carbocycles. The van der Waals surface area contributed by atoms with Crippen molar-refractivity contribution in [2.24, 2.45) is 5.92 Å². The molecular weight excluding hydrogens is 242 g/mol. The van der Waals surface area contributed by atoms with Crippen molar-refractivity contribution in [2.45, 2.75) is 26.3 Å². The van der Waals surface area contributed by atoms with Crippen LogP contribution in [0.5, 0.6) is 5.88 Å².